The Bertz CT molecular complexity index is 756. The minimum Gasteiger partial charge on any atom is -0.472 e. The maximum atomic E-state index is 12.6. The molecule has 2 aliphatic heterocycles. The van der Waals surface area contributed by atoms with Crippen LogP contribution in [0, 0.1) is 6.92 Å². The van der Waals surface area contributed by atoms with Crippen LogP contribution in [0.25, 0.3) is 0 Å². The molecule has 0 bridgehead atoms. The van der Waals surface area contributed by atoms with Crippen molar-refractivity contribution in [3.05, 3.63) is 54.0 Å². The van der Waals surface area contributed by atoms with Crippen LogP contribution in [0.4, 0.5) is 0 Å². The highest BCUT2D eigenvalue weighted by molar-refractivity contribution is 5.94. The molecule has 6 nitrogen and oxygen atoms in total. The number of amides is 1. The Morgan fingerprint density at radius 2 is 2.08 bits per heavy atom. The molecular formula is C20H23N3O3. The third kappa shape index (κ3) is 3.55. The number of aryl methyl sites for hydroxylation is 1. The predicted octanol–water partition coefficient (Wildman–Crippen LogP) is 2.63. The van der Waals surface area contributed by atoms with Crippen molar-refractivity contribution in [2.45, 2.75) is 37.9 Å². The van der Waals surface area contributed by atoms with E-state index in [1.54, 1.807) is 12.4 Å². The summed E-state index contributed by atoms with van der Waals surface area (Å²) in [5.74, 6) is 0.685. The summed E-state index contributed by atoms with van der Waals surface area (Å²) in [4.78, 5) is 23.0. The van der Waals surface area contributed by atoms with Gasteiger partial charge in [0.1, 0.15) is 6.10 Å². The van der Waals surface area contributed by atoms with Crippen molar-refractivity contribution < 1.29 is 14.3 Å². The van der Waals surface area contributed by atoms with Crippen molar-refractivity contribution in [2.24, 2.45) is 0 Å². The van der Waals surface area contributed by atoms with E-state index in [2.05, 4.69) is 9.97 Å². The maximum Gasteiger partial charge on any atom is 0.255 e. The zero-order chi connectivity index (χ0) is 18.0. The summed E-state index contributed by atoms with van der Waals surface area (Å²) < 4.78 is 12.0. The number of hydrogen-bond donors (Lipinski definition) is 0. The van der Waals surface area contributed by atoms with Gasteiger partial charge in [-0.05, 0) is 38.0 Å². The van der Waals surface area contributed by atoms with E-state index >= 15 is 0 Å². The molecule has 2 aromatic heterocycles. The van der Waals surface area contributed by atoms with Gasteiger partial charge in [0, 0.05) is 43.7 Å². The Morgan fingerprint density at radius 1 is 1.23 bits per heavy atom. The van der Waals surface area contributed by atoms with E-state index in [0.717, 1.165) is 25.0 Å². The maximum absolute atomic E-state index is 12.6. The smallest absolute Gasteiger partial charge is 0.255 e. The Morgan fingerprint density at radius 3 is 2.77 bits per heavy atom. The summed E-state index contributed by atoms with van der Waals surface area (Å²) in [6, 6.07) is 9.37. The van der Waals surface area contributed by atoms with Crippen LogP contribution in [0.2, 0.25) is 0 Å². The first-order valence-electron chi connectivity index (χ1n) is 9.07. The average Bonchev–Trinajstić information content (AvgIpc) is 3.05. The zero-order valence-electron chi connectivity index (χ0n) is 14.9. The van der Waals surface area contributed by atoms with Gasteiger partial charge in [0.15, 0.2) is 0 Å². The zero-order valence-corrected chi connectivity index (χ0v) is 14.9. The highest BCUT2D eigenvalue weighted by atomic mass is 16.6. The highest BCUT2D eigenvalue weighted by Gasteiger charge is 2.44. The van der Waals surface area contributed by atoms with Gasteiger partial charge in [-0.15, -0.1) is 0 Å². The highest BCUT2D eigenvalue weighted by Crippen LogP contribution is 2.37. The molecule has 2 saturated heterocycles. The second-order valence-electron chi connectivity index (χ2n) is 7.09. The number of likely N-dealkylation sites (tertiary alicyclic amines) is 1. The summed E-state index contributed by atoms with van der Waals surface area (Å²) in [6.45, 7) is 3.89. The van der Waals surface area contributed by atoms with E-state index in [1.807, 2.05) is 42.2 Å². The second kappa shape index (κ2) is 7.03. The number of piperidine rings is 1. The molecule has 0 aromatic carbocycles. The molecular weight excluding hydrogens is 330 g/mol. The van der Waals surface area contributed by atoms with Crippen LogP contribution in [-0.2, 0) is 4.74 Å². The molecule has 4 heterocycles. The van der Waals surface area contributed by atoms with E-state index in [4.69, 9.17) is 9.47 Å². The van der Waals surface area contributed by atoms with Gasteiger partial charge < -0.3 is 14.4 Å². The van der Waals surface area contributed by atoms with Gasteiger partial charge >= 0.3 is 0 Å². The lowest BCUT2D eigenvalue weighted by molar-refractivity contribution is -0.0396. The lowest BCUT2D eigenvalue weighted by Crippen LogP contribution is -2.46. The van der Waals surface area contributed by atoms with Gasteiger partial charge in [0.2, 0.25) is 5.88 Å². The van der Waals surface area contributed by atoms with E-state index in [9.17, 15) is 4.79 Å². The lowest BCUT2D eigenvalue weighted by Gasteiger charge is -2.38. The fourth-order valence-corrected chi connectivity index (χ4v) is 3.71. The van der Waals surface area contributed by atoms with Crippen LogP contribution in [0.15, 0.2) is 42.7 Å². The van der Waals surface area contributed by atoms with E-state index in [1.165, 1.54) is 0 Å². The molecule has 1 spiro atoms. The minimum atomic E-state index is -0.179. The monoisotopic (exact) mass is 353 g/mol. The first-order valence-corrected chi connectivity index (χ1v) is 9.07. The van der Waals surface area contributed by atoms with Crippen LogP contribution in [0.3, 0.4) is 0 Å². The third-order valence-electron chi connectivity index (χ3n) is 5.22. The van der Waals surface area contributed by atoms with Crippen molar-refractivity contribution in [3.8, 4) is 5.88 Å². The predicted molar refractivity (Wildman–Crippen MR) is 96.1 cm³/mol. The van der Waals surface area contributed by atoms with Crippen molar-refractivity contribution in [1.29, 1.82) is 0 Å². The Kier molecular flexibility index (Phi) is 4.59. The SMILES string of the molecule is Cc1ccc(C(=O)N2CCC3(CC2)C[C@H](Oc2ccccn2)CO3)cn1. The lowest BCUT2D eigenvalue weighted by atomic mass is 9.87. The summed E-state index contributed by atoms with van der Waals surface area (Å²) >= 11 is 0. The van der Waals surface area contributed by atoms with Gasteiger partial charge in [-0.2, -0.15) is 0 Å². The number of hydrogen-bond acceptors (Lipinski definition) is 5. The third-order valence-corrected chi connectivity index (χ3v) is 5.22. The Hall–Kier alpha value is -2.47. The number of carbonyl (C=O) groups excluding carboxylic acids is 1. The van der Waals surface area contributed by atoms with Gasteiger partial charge in [0.25, 0.3) is 5.91 Å². The van der Waals surface area contributed by atoms with Gasteiger partial charge in [-0.1, -0.05) is 6.07 Å². The van der Waals surface area contributed by atoms with Crippen LogP contribution >= 0.6 is 0 Å². The molecule has 2 aromatic rings. The van der Waals surface area contributed by atoms with Crippen LogP contribution in [0.5, 0.6) is 5.88 Å². The molecule has 2 fully saturated rings. The van der Waals surface area contributed by atoms with E-state index in [-0.39, 0.29) is 17.6 Å². The molecule has 0 saturated carbocycles. The molecule has 0 aliphatic carbocycles. The normalized spacial score (nSPS) is 21.7. The molecule has 0 radical (unpaired) electrons. The molecule has 2 aliphatic rings. The van der Waals surface area contributed by atoms with Crippen LogP contribution < -0.4 is 4.74 Å². The molecule has 1 atom stereocenters. The number of pyridine rings is 2. The summed E-state index contributed by atoms with van der Waals surface area (Å²) in [5, 5.41) is 0. The molecule has 6 heteroatoms. The molecule has 0 unspecified atom stereocenters. The number of aromatic nitrogens is 2. The largest absolute Gasteiger partial charge is 0.472 e. The number of nitrogens with zero attached hydrogens (tertiary/aromatic N) is 3. The topological polar surface area (TPSA) is 64.6 Å². The van der Waals surface area contributed by atoms with Crippen LogP contribution in [0.1, 0.15) is 35.3 Å². The molecule has 26 heavy (non-hydrogen) atoms. The van der Waals surface area contributed by atoms with Crippen molar-refractivity contribution in [3.63, 3.8) is 0 Å². The molecule has 136 valence electrons. The average molecular weight is 353 g/mol. The number of carbonyl (C=O) groups is 1. The number of ether oxygens (including phenoxy) is 2. The quantitative estimate of drug-likeness (QED) is 0.849. The van der Waals surface area contributed by atoms with E-state index in [0.29, 0.717) is 31.1 Å². The first kappa shape index (κ1) is 17.0. The van der Waals surface area contributed by atoms with Gasteiger partial charge in [-0.3, -0.25) is 9.78 Å². The van der Waals surface area contributed by atoms with Gasteiger partial charge in [0.05, 0.1) is 17.8 Å². The fraction of sp³-hybridized carbons (Fsp3) is 0.450. The molecule has 1 amide bonds. The first-order chi connectivity index (χ1) is 12.6. The number of rotatable bonds is 3. The van der Waals surface area contributed by atoms with Gasteiger partial charge in [-0.25, -0.2) is 4.98 Å². The standard InChI is InChI=1S/C20H23N3O3/c1-15-5-6-16(13-22-15)19(24)23-10-7-20(8-11-23)12-17(14-25-20)26-18-4-2-3-9-21-18/h2-6,9,13,17H,7-8,10-12,14H2,1H3/t17-/m0/s1. The van der Waals surface area contributed by atoms with Crippen LogP contribution in [-0.4, -0.2) is 52.2 Å². The summed E-state index contributed by atoms with van der Waals surface area (Å²) in [5.41, 5.74) is 1.38. The summed E-state index contributed by atoms with van der Waals surface area (Å²) in [6.07, 6.45) is 5.92. The Labute approximate surface area is 153 Å². The Balaban J connectivity index is 1.33. The minimum absolute atomic E-state index is 0.0217. The fourth-order valence-electron chi connectivity index (χ4n) is 3.71. The molecule has 4 rings (SSSR count). The van der Waals surface area contributed by atoms with Crippen molar-refractivity contribution in [1.82, 2.24) is 14.9 Å². The van der Waals surface area contributed by atoms with Crippen molar-refractivity contribution in [2.75, 3.05) is 19.7 Å². The molecule has 0 N–H and O–H groups in total. The second-order valence-corrected chi connectivity index (χ2v) is 7.09. The summed E-state index contributed by atoms with van der Waals surface area (Å²) in [7, 11) is 0. The van der Waals surface area contributed by atoms with Crippen molar-refractivity contribution >= 4 is 5.91 Å². The van der Waals surface area contributed by atoms with E-state index < -0.39 is 0 Å².